The van der Waals surface area contributed by atoms with E-state index in [1.807, 2.05) is 19.9 Å². The van der Waals surface area contributed by atoms with Gasteiger partial charge in [-0.2, -0.15) is 0 Å². The summed E-state index contributed by atoms with van der Waals surface area (Å²) in [5.74, 6) is 1.63. The number of aryl methyl sites for hydroxylation is 2. The molecule has 1 saturated carbocycles. The number of nitrogens with one attached hydrogen (secondary N) is 2. The van der Waals surface area contributed by atoms with E-state index in [2.05, 4.69) is 25.3 Å². The molecule has 0 radical (unpaired) electrons. The lowest BCUT2D eigenvalue weighted by Crippen LogP contribution is -2.39. The Morgan fingerprint density at radius 3 is 2.65 bits per heavy atom. The largest absolute Gasteiger partial charge is 0.379 e. The van der Waals surface area contributed by atoms with Crippen molar-refractivity contribution < 1.29 is 17.7 Å². The number of anilines is 1. The van der Waals surface area contributed by atoms with Gasteiger partial charge in [0, 0.05) is 31.7 Å². The minimum Gasteiger partial charge on any atom is -0.379 e. The van der Waals surface area contributed by atoms with Crippen molar-refractivity contribution in [2.24, 2.45) is 5.92 Å². The first-order chi connectivity index (χ1) is 16.4. The molecule has 0 atom stereocenters. The fraction of sp³-hybridized carbons (Fsp3) is 0.583. The summed E-state index contributed by atoms with van der Waals surface area (Å²) in [6.45, 7) is 8.66. The van der Waals surface area contributed by atoms with Crippen molar-refractivity contribution in [1.82, 2.24) is 20.0 Å². The number of rotatable bonds is 8. The number of H-pyrrole nitrogens is 1. The van der Waals surface area contributed by atoms with Gasteiger partial charge in [-0.15, -0.1) is 0 Å². The first-order valence-corrected chi connectivity index (χ1v) is 13.8. The van der Waals surface area contributed by atoms with Crippen LogP contribution in [0, 0.1) is 19.8 Å². The molecule has 2 fully saturated rings. The lowest BCUT2D eigenvalue weighted by Gasteiger charge is -2.26. The number of ether oxygens (including phenoxy) is 1. The molecule has 5 rings (SSSR count). The second-order valence-corrected chi connectivity index (χ2v) is 11.5. The third-order valence-electron chi connectivity index (χ3n) is 6.96. The van der Waals surface area contributed by atoms with Crippen molar-refractivity contribution in [3.8, 4) is 11.1 Å². The summed E-state index contributed by atoms with van der Waals surface area (Å²) >= 11 is 0. The molecule has 184 valence electrons. The molecule has 3 aromatic rings. The van der Waals surface area contributed by atoms with Crippen molar-refractivity contribution in [3.63, 3.8) is 0 Å². The average Bonchev–Trinajstić information content (AvgIpc) is 3.54. The number of morpholine rings is 1. The van der Waals surface area contributed by atoms with Crippen molar-refractivity contribution in [3.05, 3.63) is 23.6 Å². The Morgan fingerprint density at radius 1 is 1.18 bits per heavy atom. The van der Waals surface area contributed by atoms with Crippen LogP contribution in [-0.2, 0) is 14.6 Å². The summed E-state index contributed by atoms with van der Waals surface area (Å²) in [5, 5.41) is 7.40. The van der Waals surface area contributed by atoms with Crippen LogP contribution in [0.1, 0.15) is 37.1 Å². The van der Waals surface area contributed by atoms with Gasteiger partial charge in [0.2, 0.25) is 5.95 Å². The summed E-state index contributed by atoms with van der Waals surface area (Å²) in [5.41, 5.74) is 3.52. The Kier molecular flexibility index (Phi) is 6.63. The summed E-state index contributed by atoms with van der Waals surface area (Å²) in [4.78, 5) is 10.6. The normalized spacial score (nSPS) is 18.2. The van der Waals surface area contributed by atoms with Gasteiger partial charge in [-0.25, -0.2) is 13.4 Å². The minimum atomic E-state index is -3.52. The fourth-order valence-electron chi connectivity index (χ4n) is 5.18. The van der Waals surface area contributed by atoms with Gasteiger partial charge in [-0.1, -0.05) is 18.0 Å². The van der Waals surface area contributed by atoms with E-state index in [0.29, 0.717) is 29.3 Å². The van der Waals surface area contributed by atoms with Crippen LogP contribution in [0.2, 0.25) is 0 Å². The Bertz CT molecular complexity index is 1230. The number of hydrogen-bond donors (Lipinski definition) is 2. The van der Waals surface area contributed by atoms with Crippen LogP contribution in [0.4, 0.5) is 5.95 Å². The standard InChI is InChI=1S/C24H33N5O4S/c1-16-22(17(2)33-28-16)19-13-20-23(21(14-19)34(30,31)15-18-5-3-4-6-18)27-24(26-20)25-7-8-29-9-11-32-12-10-29/h13-14,18H,3-12,15H2,1-2H3,(H2,25,26,27). The number of fused-ring (bicyclic) bond motifs is 1. The van der Waals surface area contributed by atoms with E-state index in [4.69, 9.17) is 9.26 Å². The lowest BCUT2D eigenvalue weighted by molar-refractivity contribution is 0.0398. The summed E-state index contributed by atoms with van der Waals surface area (Å²) in [6.07, 6.45) is 4.16. The van der Waals surface area contributed by atoms with Crippen molar-refractivity contribution in [2.45, 2.75) is 44.4 Å². The van der Waals surface area contributed by atoms with Crippen molar-refractivity contribution in [1.29, 1.82) is 0 Å². The zero-order chi connectivity index (χ0) is 23.7. The maximum Gasteiger partial charge on any atom is 0.201 e. The molecule has 1 aromatic carbocycles. The fourth-order valence-corrected chi connectivity index (χ4v) is 7.07. The molecular formula is C24H33N5O4S. The zero-order valence-corrected chi connectivity index (χ0v) is 20.7. The summed E-state index contributed by atoms with van der Waals surface area (Å²) in [7, 11) is -3.52. The summed E-state index contributed by atoms with van der Waals surface area (Å²) in [6, 6.07) is 3.69. The van der Waals surface area contributed by atoms with Gasteiger partial charge in [0.25, 0.3) is 0 Å². The van der Waals surface area contributed by atoms with Gasteiger partial charge in [0.15, 0.2) is 9.84 Å². The quantitative estimate of drug-likeness (QED) is 0.496. The molecule has 2 aromatic heterocycles. The average molecular weight is 488 g/mol. The maximum absolute atomic E-state index is 13.6. The molecule has 0 amide bonds. The summed E-state index contributed by atoms with van der Waals surface area (Å²) < 4.78 is 37.9. The van der Waals surface area contributed by atoms with E-state index >= 15 is 0 Å². The number of nitrogens with zero attached hydrogens (tertiary/aromatic N) is 3. The molecule has 0 spiro atoms. The second-order valence-electron chi connectivity index (χ2n) is 9.47. The third-order valence-corrected chi connectivity index (χ3v) is 8.85. The Balaban J connectivity index is 1.48. The SMILES string of the molecule is Cc1noc(C)c1-c1cc(S(=O)(=O)CC2CCCC2)c2nc(NCCN3CCOCC3)[nH]c2c1. The first kappa shape index (κ1) is 23.3. The molecule has 9 nitrogen and oxygen atoms in total. The molecule has 34 heavy (non-hydrogen) atoms. The monoisotopic (exact) mass is 487 g/mol. The molecule has 1 aliphatic heterocycles. The highest BCUT2D eigenvalue weighted by Gasteiger charge is 2.28. The third kappa shape index (κ3) is 4.85. The number of benzene rings is 1. The predicted molar refractivity (Wildman–Crippen MR) is 131 cm³/mol. The molecule has 2 N–H and O–H groups in total. The molecule has 0 unspecified atom stereocenters. The minimum absolute atomic E-state index is 0.166. The van der Waals surface area contributed by atoms with Crippen LogP contribution < -0.4 is 5.32 Å². The van der Waals surface area contributed by atoms with Crippen molar-refractivity contribution in [2.75, 3.05) is 50.5 Å². The number of sulfone groups is 1. The molecule has 10 heteroatoms. The topological polar surface area (TPSA) is 113 Å². The van der Waals surface area contributed by atoms with E-state index in [0.717, 1.165) is 75.4 Å². The number of aromatic nitrogens is 3. The van der Waals surface area contributed by atoms with E-state index < -0.39 is 9.84 Å². The Hall–Kier alpha value is -2.43. The highest BCUT2D eigenvalue weighted by molar-refractivity contribution is 7.91. The Morgan fingerprint density at radius 2 is 1.94 bits per heavy atom. The molecule has 1 aliphatic carbocycles. The molecule has 0 bridgehead atoms. The first-order valence-electron chi connectivity index (χ1n) is 12.1. The van der Waals surface area contributed by atoms with Crippen LogP contribution in [0.5, 0.6) is 0 Å². The van der Waals surface area contributed by atoms with Gasteiger partial charge in [0.05, 0.1) is 35.1 Å². The molecule has 2 aliphatic rings. The van der Waals surface area contributed by atoms with E-state index in [1.54, 1.807) is 6.07 Å². The van der Waals surface area contributed by atoms with Gasteiger partial charge < -0.3 is 19.6 Å². The Labute approximate surface area is 200 Å². The zero-order valence-electron chi connectivity index (χ0n) is 19.9. The maximum atomic E-state index is 13.6. The number of imidazole rings is 1. The van der Waals surface area contributed by atoms with Crippen LogP contribution >= 0.6 is 0 Å². The molecule has 3 heterocycles. The smallest absolute Gasteiger partial charge is 0.201 e. The van der Waals surface area contributed by atoms with Gasteiger partial charge in [-0.3, -0.25) is 4.90 Å². The van der Waals surface area contributed by atoms with Gasteiger partial charge in [0.1, 0.15) is 11.3 Å². The molecular weight excluding hydrogens is 454 g/mol. The van der Waals surface area contributed by atoms with Crippen LogP contribution in [0.3, 0.4) is 0 Å². The van der Waals surface area contributed by atoms with Crippen LogP contribution in [0.15, 0.2) is 21.6 Å². The van der Waals surface area contributed by atoms with Gasteiger partial charge >= 0.3 is 0 Å². The van der Waals surface area contributed by atoms with E-state index in [-0.39, 0.29) is 16.6 Å². The highest BCUT2D eigenvalue weighted by Crippen LogP contribution is 2.35. The number of aromatic amines is 1. The van der Waals surface area contributed by atoms with E-state index in [1.165, 1.54) is 0 Å². The van der Waals surface area contributed by atoms with Crippen molar-refractivity contribution >= 4 is 26.8 Å². The molecule has 1 saturated heterocycles. The van der Waals surface area contributed by atoms with Crippen LogP contribution in [0.25, 0.3) is 22.2 Å². The van der Waals surface area contributed by atoms with Gasteiger partial charge in [-0.05, 0) is 50.3 Å². The second kappa shape index (κ2) is 9.67. The van der Waals surface area contributed by atoms with Crippen LogP contribution in [-0.4, -0.2) is 73.6 Å². The lowest BCUT2D eigenvalue weighted by atomic mass is 10.0. The van der Waals surface area contributed by atoms with E-state index in [9.17, 15) is 8.42 Å². The number of hydrogen-bond acceptors (Lipinski definition) is 8. The predicted octanol–water partition coefficient (Wildman–Crippen LogP) is 3.54. The highest BCUT2D eigenvalue weighted by atomic mass is 32.2.